The van der Waals surface area contributed by atoms with Gasteiger partial charge in [0.2, 0.25) is 0 Å². The van der Waals surface area contributed by atoms with E-state index in [-0.39, 0.29) is 6.61 Å². The zero-order valence-corrected chi connectivity index (χ0v) is 9.64. The number of benzene rings is 1. The Kier molecular flexibility index (Phi) is 5.08. The monoisotopic (exact) mass is 226 g/mol. The number of hydrogen-bond donors (Lipinski definition) is 2. The maximum Gasteiger partial charge on any atom is 0.161 e. The van der Waals surface area contributed by atoms with Gasteiger partial charge < -0.3 is 19.7 Å². The number of ether oxygens (including phenoxy) is 2. The van der Waals surface area contributed by atoms with E-state index < -0.39 is 6.10 Å². The van der Waals surface area contributed by atoms with Crippen LogP contribution in [-0.2, 0) is 0 Å². The topological polar surface area (TPSA) is 58.9 Å². The molecule has 4 nitrogen and oxygen atoms in total. The summed E-state index contributed by atoms with van der Waals surface area (Å²) in [5.41, 5.74) is 0.784. The third-order valence-electron chi connectivity index (χ3n) is 2.23. The molecule has 0 aliphatic rings. The lowest BCUT2D eigenvalue weighted by molar-refractivity contribution is 0.198. The summed E-state index contributed by atoms with van der Waals surface area (Å²) in [6, 6.07) is 5.30. The molecule has 0 heterocycles. The van der Waals surface area contributed by atoms with Gasteiger partial charge in [-0.2, -0.15) is 0 Å². The van der Waals surface area contributed by atoms with Crippen molar-refractivity contribution in [3.05, 3.63) is 23.8 Å². The highest BCUT2D eigenvalue weighted by molar-refractivity contribution is 5.43. The van der Waals surface area contributed by atoms with Crippen LogP contribution in [0.25, 0.3) is 0 Å². The van der Waals surface area contributed by atoms with E-state index >= 15 is 0 Å². The second-order valence-corrected chi connectivity index (χ2v) is 3.51. The van der Waals surface area contributed by atoms with E-state index in [9.17, 15) is 5.11 Å². The normalized spacial score (nSPS) is 12.2. The Labute approximate surface area is 95.4 Å². The number of aliphatic hydroxyl groups is 2. The van der Waals surface area contributed by atoms with E-state index in [2.05, 4.69) is 0 Å². The van der Waals surface area contributed by atoms with Gasteiger partial charge in [0.05, 0.1) is 19.8 Å². The van der Waals surface area contributed by atoms with E-state index in [1.807, 2.05) is 0 Å². The molecule has 0 aromatic heterocycles. The molecule has 0 unspecified atom stereocenters. The van der Waals surface area contributed by atoms with Gasteiger partial charge in [0, 0.05) is 13.0 Å². The zero-order valence-electron chi connectivity index (χ0n) is 9.64. The third-order valence-corrected chi connectivity index (χ3v) is 2.23. The fourth-order valence-corrected chi connectivity index (χ4v) is 1.31. The Hall–Kier alpha value is -1.26. The molecule has 0 aliphatic carbocycles. The van der Waals surface area contributed by atoms with Gasteiger partial charge >= 0.3 is 0 Å². The summed E-state index contributed by atoms with van der Waals surface area (Å²) >= 11 is 0. The minimum atomic E-state index is -0.527. The largest absolute Gasteiger partial charge is 0.493 e. The van der Waals surface area contributed by atoms with Crippen molar-refractivity contribution in [2.45, 2.75) is 19.4 Å². The average Bonchev–Trinajstić information content (AvgIpc) is 2.29. The Balaban J connectivity index is 2.76. The van der Waals surface area contributed by atoms with Crippen molar-refractivity contribution in [1.29, 1.82) is 0 Å². The van der Waals surface area contributed by atoms with Crippen LogP contribution in [-0.4, -0.2) is 30.5 Å². The van der Waals surface area contributed by atoms with Crippen LogP contribution in [0, 0.1) is 0 Å². The Morgan fingerprint density at radius 2 is 2.06 bits per heavy atom. The molecule has 90 valence electrons. The van der Waals surface area contributed by atoms with Gasteiger partial charge in [0.1, 0.15) is 0 Å². The second-order valence-electron chi connectivity index (χ2n) is 3.51. The van der Waals surface area contributed by atoms with Crippen molar-refractivity contribution < 1.29 is 19.7 Å². The number of methoxy groups -OCH3 is 1. The van der Waals surface area contributed by atoms with Crippen molar-refractivity contribution in [2.75, 3.05) is 20.3 Å². The molecule has 1 rings (SSSR count). The quantitative estimate of drug-likeness (QED) is 0.722. The van der Waals surface area contributed by atoms with E-state index in [0.717, 1.165) is 5.56 Å². The highest BCUT2D eigenvalue weighted by atomic mass is 16.5. The zero-order chi connectivity index (χ0) is 12.0. The van der Waals surface area contributed by atoms with E-state index in [1.165, 1.54) is 0 Å². The van der Waals surface area contributed by atoms with E-state index in [0.29, 0.717) is 24.5 Å². The van der Waals surface area contributed by atoms with Crippen molar-refractivity contribution in [3.8, 4) is 11.5 Å². The standard InChI is InChI=1S/C12H18O4/c1-9(14)10-4-5-11(12(8-10)15-2)16-7-3-6-13/h4-5,8-9,13-14H,3,6-7H2,1-2H3/t9-/m0/s1. The number of aliphatic hydroxyl groups excluding tert-OH is 2. The first-order valence-electron chi connectivity index (χ1n) is 5.28. The summed E-state index contributed by atoms with van der Waals surface area (Å²) in [6.07, 6.45) is 0.0572. The molecule has 0 aliphatic heterocycles. The smallest absolute Gasteiger partial charge is 0.161 e. The van der Waals surface area contributed by atoms with Crippen LogP contribution in [0.5, 0.6) is 11.5 Å². The molecule has 0 radical (unpaired) electrons. The maximum absolute atomic E-state index is 9.42. The van der Waals surface area contributed by atoms with Gasteiger partial charge in [-0.15, -0.1) is 0 Å². The lowest BCUT2D eigenvalue weighted by Gasteiger charge is -2.12. The molecule has 16 heavy (non-hydrogen) atoms. The maximum atomic E-state index is 9.42. The molecular formula is C12H18O4. The van der Waals surface area contributed by atoms with Crippen LogP contribution in [0.15, 0.2) is 18.2 Å². The highest BCUT2D eigenvalue weighted by Crippen LogP contribution is 2.30. The van der Waals surface area contributed by atoms with Crippen LogP contribution in [0.1, 0.15) is 25.0 Å². The molecule has 0 saturated carbocycles. The Morgan fingerprint density at radius 1 is 1.31 bits per heavy atom. The summed E-state index contributed by atoms with van der Waals surface area (Å²) in [4.78, 5) is 0. The van der Waals surface area contributed by atoms with E-state index in [4.69, 9.17) is 14.6 Å². The van der Waals surface area contributed by atoms with Gasteiger partial charge in [-0.25, -0.2) is 0 Å². The van der Waals surface area contributed by atoms with Crippen LogP contribution < -0.4 is 9.47 Å². The minimum Gasteiger partial charge on any atom is -0.493 e. The number of rotatable bonds is 6. The molecule has 0 bridgehead atoms. The van der Waals surface area contributed by atoms with Crippen molar-refractivity contribution in [3.63, 3.8) is 0 Å². The van der Waals surface area contributed by atoms with Crippen molar-refractivity contribution in [1.82, 2.24) is 0 Å². The molecule has 0 amide bonds. The van der Waals surface area contributed by atoms with Gasteiger partial charge in [0.25, 0.3) is 0 Å². The average molecular weight is 226 g/mol. The fourth-order valence-electron chi connectivity index (χ4n) is 1.31. The Bertz CT molecular complexity index is 323. The molecule has 0 spiro atoms. The van der Waals surface area contributed by atoms with Gasteiger partial charge in [-0.3, -0.25) is 0 Å². The summed E-state index contributed by atoms with van der Waals surface area (Å²) in [6.45, 7) is 2.25. The summed E-state index contributed by atoms with van der Waals surface area (Å²) in [5.74, 6) is 1.22. The summed E-state index contributed by atoms with van der Waals surface area (Å²) in [7, 11) is 1.56. The van der Waals surface area contributed by atoms with Gasteiger partial charge in [-0.1, -0.05) is 6.07 Å². The minimum absolute atomic E-state index is 0.105. The van der Waals surface area contributed by atoms with Crippen LogP contribution in [0.3, 0.4) is 0 Å². The molecule has 2 N–H and O–H groups in total. The van der Waals surface area contributed by atoms with Crippen LogP contribution >= 0.6 is 0 Å². The lowest BCUT2D eigenvalue weighted by atomic mass is 10.1. The molecule has 4 heteroatoms. The van der Waals surface area contributed by atoms with Gasteiger partial charge in [0.15, 0.2) is 11.5 Å². The third kappa shape index (κ3) is 3.40. The molecule has 1 aromatic carbocycles. The summed E-state index contributed by atoms with van der Waals surface area (Å²) in [5, 5.41) is 18.1. The second kappa shape index (κ2) is 6.35. The van der Waals surface area contributed by atoms with Crippen LogP contribution in [0.4, 0.5) is 0 Å². The van der Waals surface area contributed by atoms with E-state index in [1.54, 1.807) is 32.2 Å². The molecule has 1 aromatic rings. The SMILES string of the molecule is COc1cc([C@H](C)O)ccc1OCCCO. The first-order chi connectivity index (χ1) is 7.69. The molecule has 1 atom stereocenters. The van der Waals surface area contributed by atoms with Crippen molar-refractivity contribution in [2.24, 2.45) is 0 Å². The molecule has 0 saturated heterocycles. The summed E-state index contributed by atoms with van der Waals surface area (Å²) < 4.78 is 10.6. The Morgan fingerprint density at radius 3 is 2.62 bits per heavy atom. The first kappa shape index (κ1) is 12.8. The highest BCUT2D eigenvalue weighted by Gasteiger charge is 2.08. The predicted molar refractivity (Wildman–Crippen MR) is 60.8 cm³/mol. The van der Waals surface area contributed by atoms with Gasteiger partial charge in [-0.05, 0) is 24.6 Å². The predicted octanol–water partition coefficient (Wildman–Crippen LogP) is 1.51. The molecular weight excluding hydrogens is 208 g/mol. The van der Waals surface area contributed by atoms with Crippen LogP contribution in [0.2, 0.25) is 0 Å². The van der Waals surface area contributed by atoms with Crippen molar-refractivity contribution >= 4 is 0 Å². The number of hydrogen-bond acceptors (Lipinski definition) is 4. The molecule has 0 fully saturated rings. The fraction of sp³-hybridized carbons (Fsp3) is 0.500. The first-order valence-corrected chi connectivity index (χ1v) is 5.28. The lowest BCUT2D eigenvalue weighted by Crippen LogP contribution is -2.02.